The quantitative estimate of drug-likeness (QED) is 0.0261. The molecule has 0 amide bonds. The first-order valence-corrected chi connectivity index (χ1v) is 37.7. The van der Waals surface area contributed by atoms with Crippen molar-refractivity contribution in [2.75, 3.05) is 13.2 Å². The molecular formula is C76H146O6. The van der Waals surface area contributed by atoms with E-state index in [-0.39, 0.29) is 31.1 Å². The first-order chi connectivity index (χ1) is 40.5. The van der Waals surface area contributed by atoms with Crippen LogP contribution in [0.3, 0.4) is 0 Å². The van der Waals surface area contributed by atoms with Crippen LogP contribution in [0.15, 0.2) is 12.2 Å². The topological polar surface area (TPSA) is 78.9 Å². The molecule has 82 heavy (non-hydrogen) atoms. The zero-order valence-electron chi connectivity index (χ0n) is 56.1. The molecule has 0 aromatic heterocycles. The lowest BCUT2D eigenvalue weighted by Gasteiger charge is -2.18. The van der Waals surface area contributed by atoms with Gasteiger partial charge in [0.15, 0.2) is 6.10 Å². The molecule has 0 bridgehead atoms. The molecule has 0 radical (unpaired) electrons. The molecule has 0 aliphatic rings. The molecule has 0 aliphatic heterocycles. The molecule has 0 N–H and O–H groups in total. The van der Waals surface area contributed by atoms with Crippen molar-refractivity contribution in [3.05, 3.63) is 12.2 Å². The smallest absolute Gasteiger partial charge is 0.306 e. The Morgan fingerprint density at radius 2 is 0.402 bits per heavy atom. The second kappa shape index (κ2) is 71.6. The summed E-state index contributed by atoms with van der Waals surface area (Å²) in [6.07, 6.45) is 87.0. The number of esters is 3. The van der Waals surface area contributed by atoms with Crippen LogP contribution in [0.5, 0.6) is 0 Å². The molecule has 486 valence electrons. The third-order valence-corrected chi connectivity index (χ3v) is 17.5. The maximum atomic E-state index is 12.9. The number of carbonyl (C=O) groups is 3. The van der Waals surface area contributed by atoms with Gasteiger partial charge in [-0.05, 0) is 44.9 Å². The molecule has 0 spiro atoms. The van der Waals surface area contributed by atoms with Gasteiger partial charge in [0, 0.05) is 19.3 Å². The number of ether oxygens (including phenoxy) is 3. The molecule has 0 saturated carbocycles. The minimum absolute atomic E-state index is 0.0656. The van der Waals surface area contributed by atoms with E-state index in [0.717, 1.165) is 64.2 Å². The fraction of sp³-hybridized carbons (Fsp3) is 0.934. The number of hydrogen-bond donors (Lipinski definition) is 0. The van der Waals surface area contributed by atoms with Gasteiger partial charge in [0.2, 0.25) is 0 Å². The third-order valence-electron chi connectivity index (χ3n) is 17.5. The van der Waals surface area contributed by atoms with E-state index < -0.39 is 6.10 Å². The Balaban J connectivity index is 4.10. The number of rotatable bonds is 71. The van der Waals surface area contributed by atoms with Gasteiger partial charge < -0.3 is 14.2 Å². The monoisotopic (exact) mass is 1160 g/mol. The van der Waals surface area contributed by atoms with Crippen LogP contribution in [-0.4, -0.2) is 37.2 Å². The lowest BCUT2D eigenvalue weighted by atomic mass is 10.0. The van der Waals surface area contributed by atoms with Gasteiger partial charge >= 0.3 is 17.9 Å². The average Bonchev–Trinajstić information content (AvgIpc) is 3.47. The van der Waals surface area contributed by atoms with Crippen LogP contribution in [0.4, 0.5) is 0 Å². The Kier molecular flexibility index (Phi) is 70.0. The van der Waals surface area contributed by atoms with Gasteiger partial charge in [-0.1, -0.05) is 386 Å². The fourth-order valence-corrected chi connectivity index (χ4v) is 11.9. The highest BCUT2D eigenvalue weighted by Gasteiger charge is 2.20. The van der Waals surface area contributed by atoms with Gasteiger partial charge in [0.25, 0.3) is 0 Å². The molecule has 0 fully saturated rings. The van der Waals surface area contributed by atoms with Crippen molar-refractivity contribution >= 4 is 17.9 Å². The van der Waals surface area contributed by atoms with Gasteiger partial charge in [-0.15, -0.1) is 0 Å². The second-order valence-corrected chi connectivity index (χ2v) is 25.9. The van der Waals surface area contributed by atoms with Crippen LogP contribution in [0.2, 0.25) is 0 Å². The summed E-state index contributed by atoms with van der Waals surface area (Å²) < 4.78 is 17.0. The molecular weight excluding hydrogens is 1010 g/mol. The van der Waals surface area contributed by atoms with Gasteiger partial charge in [0.1, 0.15) is 13.2 Å². The lowest BCUT2D eigenvalue weighted by Crippen LogP contribution is -2.30. The van der Waals surface area contributed by atoms with Crippen LogP contribution >= 0.6 is 0 Å². The van der Waals surface area contributed by atoms with E-state index in [1.54, 1.807) is 0 Å². The van der Waals surface area contributed by atoms with E-state index in [9.17, 15) is 14.4 Å². The van der Waals surface area contributed by atoms with Crippen LogP contribution in [0, 0.1) is 0 Å². The third kappa shape index (κ3) is 68.9. The molecule has 6 heteroatoms. The highest BCUT2D eigenvalue weighted by molar-refractivity contribution is 5.71. The maximum Gasteiger partial charge on any atom is 0.306 e. The van der Waals surface area contributed by atoms with Crippen LogP contribution in [0.1, 0.15) is 438 Å². The van der Waals surface area contributed by atoms with Crippen molar-refractivity contribution in [3.63, 3.8) is 0 Å². The zero-order valence-corrected chi connectivity index (χ0v) is 56.1. The molecule has 0 saturated heterocycles. The van der Waals surface area contributed by atoms with E-state index in [1.807, 2.05) is 0 Å². The minimum atomic E-state index is -0.770. The Labute approximate surface area is 513 Å². The predicted octanol–water partition coefficient (Wildman–Crippen LogP) is 26.0. The van der Waals surface area contributed by atoms with Gasteiger partial charge in [-0.25, -0.2) is 0 Å². The molecule has 0 rings (SSSR count). The van der Waals surface area contributed by atoms with Crippen molar-refractivity contribution in [3.8, 4) is 0 Å². The number of hydrogen-bond acceptors (Lipinski definition) is 6. The van der Waals surface area contributed by atoms with Crippen molar-refractivity contribution in [2.24, 2.45) is 0 Å². The predicted molar refractivity (Wildman–Crippen MR) is 358 cm³/mol. The summed E-state index contributed by atoms with van der Waals surface area (Å²) in [7, 11) is 0. The highest BCUT2D eigenvalue weighted by Crippen LogP contribution is 2.20. The maximum absolute atomic E-state index is 12.9. The Morgan fingerprint density at radius 3 is 0.622 bits per heavy atom. The summed E-state index contributed by atoms with van der Waals surface area (Å²) in [6, 6.07) is 0. The number of allylic oxidation sites excluding steroid dienone is 2. The summed E-state index contributed by atoms with van der Waals surface area (Å²) in [5.41, 5.74) is 0. The van der Waals surface area contributed by atoms with E-state index in [0.29, 0.717) is 19.3 Å². The fourth-order valence-electron chi connectivity index (χ4n) is 11.9. The van der Waals surface area contributed by atoms with Gasteiger partial charge in [-0.2, -0.15) is 0 Å². The number of carbonyl (C=O) groups excluding carboxylic acids is 3. The van der Waals surface area contributed by atoms with Crippen molar-refractivity contribution in [2.45, 2.75) is 444 Å². The SMILES string of the molecule is CCCCCC/C=C\CCCCCCCC(=O)OCC(COC(=O)CCCCCCCCCCCCCCCCCCCCCCCCCCCCCCCCCC)OC(=O)CCCCCCCCCCCCCCCCCCCCC. The van der Waals surface area contributed by atoms with Crippen LogP contribution in [-0.2, 0) is 28.6 Å². The lowest BCUT2D eigenvalue weighted by molar-refractivity contribution is -0.167. The Morgan fingerprint density at radius 1 is 0.232 bits per heavy atom. The molecule has 1 atom stereocenters. The standard InChI is InChI=1S/C76H146O6/c1-4-7-10-13-16-19-22-25-27-29-31-32-33-34-35-36-37-38-39-40-41-42-43-45-46-48-51-54-57-60-63-66-69-75(78)81-72-73(71-80-74(77)68-65-62-59-56-53-50-24-21-18-15-12-9-6-3)82-76(79)70-67-64-61-58-55-52-49-47-44-30-28-26-23-20-17-14-11-8-5-2/h21,24,73H,4-20,22-23,25-72H2,1-3H3/b24-21-. The molecule has 0 aromatic carbocycles. The van der Waals surface area contributed by atoms with E-state index >= 15 is 0 Å². The minimum Gasteiger partial charge on any atom is -0.462 e. The molecule has 0 heterocycles. The second-order valence-electron chi connectivity index (χ2n) is 25.9. The highest BCUT2D eigenvalue weighted by atomic mass is 16.6. The average molecular weight is 1160 g/mol. The molecule has 0 aliphatic carbocycles. The molecule has 0 aromatic rings. The van der Waals surface area contributed by atoms with Gasteiger partial charge in [0.05, 0.1) is 0 Å². The van der Waals surface area contributed by atoms with Crippen molar-refractivity contribution in [1.82, 2.24) is 0 Å². The molecule has 1 unspecified atom stereocenters. The van der Waals surface area contributed by atoms with E-state index in [1.165, 1.54) is 334 Å². The summed E-state index contributed by atoms with van der Waals surface area (Å²) in [5.74, 6) is -0.838. The summed E-state index contributed by atoms with van der Waals surface area (Å²) in [6.45, 7) is 6.71. The molecule has 6 nitrogen and oxygen atoms in total. The normalized spacial score (nSPS) is 12.0. The van der Waals surface area contributed by atoms with Crippen LogP contribution in [0.25, 0.3) is 0 Å². The number of unbranched alkanes of at least 4 members (excludes halogenated alkanes) is 58. The summed E-state index contributed by atoms with van der Waals surface area (Å²) >= 11 is 0. The van der Waals surface area contributed by atoms with Crippen molar-refractivity contribution < 1.29 is 28.6 Å². The summed E-state index contributed by atoms with van der Waals surface area (Å²) in [5, 5.41) is 0. The Hall–Kier alpha value is -1.85. The van der Waals surface area contributed by atoms with E-state index in [4.69, 9.17) is 14.2 Å². The first kappa shape index (κ1) is 80.2. The van der Waals surface area contributed by atoms with E-state index in [2.05, 4.69) is 32.9 Å². The first-order valence-electron chi connectivity index (χ1n) is 37.7. The largest absolute Gasteiger partial charge is 0.462 e. The van der Waals surface area contributed by atoms with Crippen LogP contribution < -0.4 is 0 Å². The zero-order chi connectivity index (χ0) is 59.2. The summed E-state index contributed by atoms with van der Waals surface area (Å²) in [4.78, 5) is 38.4. The van der Waals surface area contributed by atoms with Gasteiger partial charge in [-0.3, -0.25) is 14.4 Å². The van der Waals surface area contributed by atoms with Crippen molar-refractivity contribution in [1.29, 1.82) is 0 Å². The Bertz CT molecular complexity index is 1280.